The summed E-state index contributed by atoms with van der Waals surface area (Å²) in [5.41, 5.74) is 0. The summed E-state index contributed by atoms with van der Waals surface area (Å²) in [6.07, 6.45) is -0.699. The maximum absolute atomic E-state index is 13.4. The zero-order valence-electron chi connectivity index (χ0n) is 9.69. The lowest BCUT2D eigenvalue weighted by Crippen LogP contribution is -2.61. The minimum atomic E-state index is -6.11. The molecule has 1 aliphatic rings. The largest absolute Gasteiger partial charge is 0.387 e. The van der Waals surface area contributed by atoms with Crippen LogP contribution in [0.2, 0.25) is 12.1 Å². The topological polar surface area (TPSA) is 0 Å². The second kappa shape index (κ2) is 5.96. The van der Waals surface area contributed by atoms with Crippen LogP contribution in [0.5, 0.6) is 0 Å². The van der Waals surface area contributed by atoms with E-state index in [-0.39, 0.29) is 22.6 Å². The van der Waals surface area contributed by atoms with E-state index in [1.807, 2.05) is 0 Å². The molecule has 1 atom stereocenters. The minimum Gasteiger partial charge on any atom is -0.200 e. The molecule has 0 aromatic rings. The number of hydrogen-bond donors (Lipinski definition) is 0. The Labute approximate surface area is 138 Å². The van der Waals surface area contributed by atoms with Gasteiger partial charge >= 0.3 is 21.7 Å². The fourth-order valence-electron chi connectivity index (χ4n) is 1.60. The Morgan fingerprint density at radius 2 is 1.35 bits per heavy atom. The molecular formula is C9H9F8I2Si. The highest BCUT2D eigenvalue weighted by molar-refractivity contribution is 14.1. The summed E-state index contributed by atoms with van der Waals surface area (Å²) in [6, 6.07) is 1.30. The molecule has 11 heteroatoms. The van der Waals surface area contributed by atoms with Crippen LogP contribution in [0.3, 0.4) is 0 Å². The maximum atomic E-state index is 13.4. The average Bonchev–Trinajstić information content (AvgIpc) is 2.10. The molecule has 1 aliphatic heterocycles. The molecule has 1 heterocycles. The van der Waals surface area contributed by atoms with Crippen LogP contribution in [0.1, 0.15) is 12.8 Å². The molecule has 0 aliphatic carbocycles. The van der Waals surface area contributed by atoms with E-state index >= 15 is 0 Å². The maximum Gasteiger partial charge on any atom is 0.387 e. The molecule has 0 bridgehead atoms. The highest BCUT2D eigenvalue weighted by Gasteiger charge is 2.79. The van der Waals surface area contributed by atoms with Crippen LogP contribution in [-0.2, 0) is 0 Å². The second-order valence-electron chi connectivity index (χ2n) is 4.53. The number of halogens is 10. The lowest BCUT2D eigenvalue weighted by Gasteiger charge is -2.37. The van der Waals surface area contributed by atoms with E-state index in [4.69, 9.17) is 0 Å². The molecule has 0 aromatic carbocycles. The predicted octanol–water partition coefficient (Wildman–Crippen LogP) is 5.55. The van der Waals surface area contributed by atoms with Crippen molar-refractivity contribution in [1.29, 1.82) is 0 Å². The van der Waals surface area contributed by atoms with Crippen molar-refractivity contribution in [1.82, 2.24) is 0 Å². The first-order chi connectivity index (χ1) is 8.74. The molecule has 1 saturated heterocycles. The van der Waals surface area contributed by atoms with Crippen molar-refractivity contribution in [2.45, 2.75) is 50.2 Å². The highest BCUT2D eigenvalue weighted by Crippen LogP contribution is 2.56. The van der Waals surface area contributed by atoms with Crippen LogP contribution in [0.4, 0.5) is 35.1 Å². The van der Waals surface area contributed by atoms with E-state index < -0.39 is 40.5 Å². The predicted molar refractivity (Wildman–Crippen MR) is 76.2 cm³/mol. The molecule has 0 amide bonds. The quantitative estimate of drug-likeness (QED) is 0.176. The summed E-state index contributed by atoms with van der Waals surface area (Å²) in [6.45, 7) is 0. The van der Waals surface area contributed by atoms with Crippen LogP contribution in [-0.4, -0.2) is 34.0 Å². The van der Waals surface area contributed by atoms with Crippen molar-refractivity contribution in [3.8, 4) is 0 Å². The summed E-state index contributed by atoms with van der Waals surface area (Å²) in [5, 5.41) is 0. The van der Waals surface area contributed by atoms with Crippen molar-refractivity contribution >= 4 is 54.0 Å². The number of hydrogen-bond acceptors (Lipinski definition) is 0. The van der Waals surface area contributed by atoms with Gasteiger partial charge in [-0.2, -0.15) is 35.1 Å². The molecule has 0 N–H and O–H groups in total. The molecule has 1 fully saturated rings. The summed E-state index contributed by atoms with van der Waals surface area (Å²) >= 11 is 1.29. The van der Waals surface area contributed by atoms with Gasteiger partial charge in [0.25, 0.3) is 0 Å². The molecule has 0 spiro atoms. The number of rotatable bonds is 6. The Kier molecular flexibility index (Phi) is 5.71. The van der Waals surface area contributed by atoms with E-state index in [0.29, 0.717) is 12.1 Å². The Hall–Kier alpha value is 1.12. The third-order valence-electron chi connectivity index (χ3n) is 3.08. The van der Waals surface area contributed by atoms with Gasteiger partial charge in [0.05, 0.1) is 8.80 Å². The Morgan fingerprint density at radius 1 is 0.900 bits per heavy atom. The first-order valence-corrected chi connectivity index (χ1v) is 9.74. The molecule has 20 heavy (non-hydrogen) atoms. The van der Waals surface area contributed by atoms with Crippen LogP contribution >= 0.6 is 45.2 Å². The van der Waals surface area contributed by atoms with Crippen molar-refractivity contribution in [3.63, 3.8) is 0 Å². The lowest BCUT2D eigenvalue weighted by molar-refractivity contribution is -0.342. The van der Waals surface area contributed by atoms with Crippen molar-refractivity contribution in [2.24, 2.45) is 0 Å². The van der Waals surface area contributed by atoms with Gasteiger partial charge in [0, 0.05) is 32.6 Å². The van der Waals surface area contributed by atoms with E-state index in [0.717, 1.165) is 6.42 Å². The van der Waals surface area contributed by atoms with Gasteiger partial charge in [-0.1, -0.05) is 41.1 Å². The normalized spacial score (nSPS) is 20.7. The van der Waals surface area contributed by atoms with Crippen LogP contribution in [0, 0.1) is 0 Å². The third-order valence-corrected chi connectivity index (χ3v) is 9.93. The standard InChI is InChI=1S/C9H9F8I2Si/c10-6(11,4-5(18)20-2-1-3-20)7(12,13)8(14,15)9(16,17)19/h5H,1-4H2. The molecule has 1 radical (unpaired) electrons. The smallest absolute Gasteiger partial charge is 0.200 e. The van der Waals surface area contributed by atoms with Gasteiger partial charge in [-0.15, -0.1) is 0 Å². The Balaban J connectivity index is 2.93. The first kappa shape index (κ1) is 19.2. The average molecular weight is 551 g/mol. The SMILES string of the molecule is FC(F)(I)C(F)(F)C(F)(F)C(F)(F)CC(I)[Si]1CCC1. The Morgan fingerprint density at radius 3 is 1.65 bits per heavy atom. The minimum absolute atomic E-state index is 0.242. The van der Waals surface area contributed by atoms with Gasteiger partial charge in [0.15, 0.2) is 0 Å². The van der Waals surface area contributed by atoms with Gasteiger partial charge in [-0.25, -0.2) is 0 Å². The van der Waals surface area contributed by atoms with E-state index in [2.05, 4.69) is 0 Å². The van der Waals surface area contributed by atoms with Crippen LogP contribution in [0.25, 0.3) is 0 Å². The van der Waals surface area contributed by atoms with E-state index in [1.165, 1.54) is 22.6 Å². The fraction of sp³-hybridized carbons (Fsp3) is 1.00. The molecule has 0 nitrogen and oxygen atoms in total. The van der Waals surface area contributed by atoms with Gasteiger partial charge in [-0.05, 0) is 0 Å². The van der Waals surface area contributed by atoms with Crippen molar-refractivity contribution in [2.75, 3.05) is 0 Å². The van der Waals surface area contributed by atoms with Gasteiger partial charge in [0.2, 0.25) is 0 Å². The van der Waals surface area contributed by atoms with E-state index in [1.54, 1.807) is 0 Å². The second-order valence-corrected chi connectivity index (χ2v) is 11.6. The zero-order valence-corrected chi connectivity index (χ0v) is 15.0. The Bertz CT molecular complexity index is 352. The monoisotopic (exact) mass is 551 g/mol. The number of alkyl halides is 10. The van der Waals surface area contributed by atoms with Crippen molar-refractivity contribution < 1.29 is 35.1 Å². The zero-order chi connectivity index (χ0) is 16.0. The molecular weight excluding hydrogens is 542 g/mol. The van der Waals surface area contributed by atoms with Crippen LogP contribution < -0.4 is 0 Å². The molecule has 1 rings (SSSR count). The first-order valence-electron chi connectivity index (χ1n) is 5.43. The molecule has 0 aromatic heterocycles. The van der Waals surface area contributed by atoms with Crippen molar-refractivity contribution in [3.05, 3.63) is 0 Å². The third kappa shape index (κ3) is 3.38. The molecule has 119 valence electrons. The molecule has 1 unspecified atom stereocenters. The lowest BCUT2D eigenvalue weighted by atomic mass is 10.0. The highest BCUT2D eigenvalue weighted by atomic mass is 127. The summed E-state index contributed by atoms with van der Waals surface area (Å²) < 4.78 is 98.3. The fourth-order valence-corrected chi connectivity index (χ4v) is 6.29. The van der Waals surface area contributed by atoms with E-state index in [9.17, 15) is 35.1 Å². The van der Waals surface area contributed by atoms with Gasteiger partial charge in [-0.3, -0.25) is 0 Å². The van der Waals surface area contributed by atoms with Gasteiger partial charge in [0.1, 0.15) is 0 Å². The summed E-state index contributed by atoms with van der Waals surface area (Å²) in [7, 11) is -1.26. The summed E-state index contributed by atoms with van der Waals surface area (Å²) in [5.74, 6) is -17.4. The van der Waals surface area contributed by atoms with Gasteiger partial charge < -0.3 is 0 Å². The van der Waals surface area contributed by atoms with Crippen LogP contribution in [0.15, 0.2) is 0 Å². The molecule has 0 saturated carbocycles. The summed E-state index contributed by atoms with van der Waals surface area (Å²) in [4.78, 5) is 0.